The van der Waals surface area contributed by atoms with Crippen molar-refractivity contribution in [3.63, 3.8) is 0 Å². The SMILES string of the molecule is C1=C/C=C/C2c3ccccc3C=1c1ccc(-c3ccc(-c4nc(-c5ccccc5)nc(-c5cccc(-c6cccc7c6sc6ccccc67)c5)n4)nc3)cc12. The molecule has 3 heterocycles. The average Bonchev–Trinajstić information content (AvgIpc) is 3.63. The topological polar surface area (TPSA) is 51.6 Å². The highest BCUT2D eigenvalue weighted by molar-refractivity contribution is 7.26. The van der Waals surface area contributed by atoms with Crippen molar-refractivity contribution in [2.75, 3.05) is 0 Å². The lowest BCUT2D eigenvalue weighted by molar-refractivity contribution is 0.992. The van der Waals surface area contributed by atoms with E-state index in [0.29, 0.717) is 23.2 Å². The summed E-state index contributed by atoms with van der Waals surface area (Å²) in [5.74, 6) is 1.92. The number of hydrogen-bond donors (Lipinski definition) is 0. The third kappa shape index (κ3) is 5.37. The Bertz CT molecular complexity index is 3080. The van der Waals surface area contributed by atoms with E-state index in [0.717, 1.165) is 33.4 Å². The van der Waals surface area contributed by atoms with Crippen molar-refractivity contribution in [1.82, 2.24) is 19.9 Å². The van der Waals surface area contributed by atoms with Crippen molar-refractivity contribution >= 4 is 37.1 Å². The first kappa shape index (κ1) is 31.5. The minimum atomic E-state index is 0.178. The zero-order valence-corrected chi connectivity index (χ0v) is 30.3. The van der Waals surface area contributed by atoms with Crippen molar-refractivity contribution in [2.24, 2.45) is 0 Å². The number of rotatable bonds is 5. The summed E-state index contributed by atoms with van der Waals surface area (Å²) in [6, 6.07) is 53.3. The Labute approximate surface area is 322 Å². The van der Waals surface area contributed by atoms with Crippen LogP contribution in [0.15, 0.2) is 182 Å². The fraction of sp³-hybridized carbons (Fsp3) is 0.0200. The Hall–Kier alpha value is -7.04. The maximum Gasteiger partial charge on any atom is 0.182 e. The minimum Gasteiger partial charge on any atom is -0.252 e. The highest BCUT2D eigenvalue weighted by Gasteiger charge is 2.28. The molecule has 55 heavy (non-hydrogen) atoms. The number of fused-ring (bicyclic) bond motifs is 4. The molecule has 0 N–H and O–H groups in total. The first-order valence-electron chi connectivity index (χ1n) is 18.4. The quantitative estimate of drug-likeness (QED) is 0.166. The van der Waals surface area contributed by atoms with Crippen molar-refractivity contribution in [3.05, 3.63) is 204 Å². The van der Waals surface area contributed by atoms with E-state index < -0.39 is 0 Å². The van der Waals surface area contributed by atoms with E-state index in [1.165, 1.54) is 48.0 Å². The standard InChI is InChI=1S/C50H30N4S/c1-2-12-31(13-3-1)48-52-49(34-15-10-14-33(28-34)36-21-11-22-43-42-20-8-9-23-46(42)55-47(36)43)54-50(53-48)45-27-25-35(30-51-45)32-24-26-41-39-18-6-7-19-40(44(41)29-32)38-17-5-4-16-37(38)39/h1-17,19-30,40H/b19-7+. The molecule has 1 atom stereocenters. The van der Waals surface area contributed by atoms with Gasteiger partial charge in [0, 0.05) is 54.6 Å². The summed E-state index contributed by atoms with van der Waals surface area (Å²) in [5.41, 5.74) is 16.8. The largest absolute Gasteiger partial charge is 0.252 e. The molecule has 0 aliphatic heterocycles. The third-order valence-electron chi connectivity index (χ3n) is 10.7. The van der Waals surface area contributed by atoms with Gasteiger partial charge in [0.2, 0.25) is 0 Å². The molecule has 2 bridgehead atoms. The molecule has 0 fully saturated rings. The molecule has 4 nitrogen and oxygen atoms in total. The molecule has 6 aromatic carbocycles. The molecular weight excluding hydrogens is 689 g/mol. The Morgan fingerprint density at radius 2 is 1.20 bits per heavy atom. The molecule has 256 valence electrons. The van der Waals surface area contributed by atoms with Gasteiger partial charge in [0.25, 0.3) is 0 Å². The van der Waals surface area contributed by atoms with E-state index in [1.807, 2.05) is 60.0 Å². The predicted molar refractivity (Wildman–Crippen MR) is 226 cm³/mol. The van der Waals surface area contributed by atoms with Crippen LogP contribution in [0.2, 0.25) is 0 Å². The number of pyridine rings is 1. The Morgan fingerprint density at radius 1 is 0.491 bits per heavy atom. The highest BCUT2D eigenvalue weighted by atomic mass is 32.1. The smallest absolute Gasteiger partial charge is 0.182 e. The molecule has 5 heteroatoms. The van der Waals surface area contributed by atoms with Crippen LogP contribution in [-0.4, -0.2) is 19.9 Å². The Morgan fingerprint density at radius 3 is 2.11 bits per heavy atom. The summed E-state index contributed by atoms with van der Waals surface area (Å²) in [6.07, 6.45) is 8.34. The summed E-state index contributed by atoms with van der Waals surface area (Å²) >= 11 is 1.83. The summed E-state index contributed by atoms with van der Waals surface area (Å²) in [4.78, 5) is 20.0. The molecule has 0 saturated carbocycles. The van der Waals surface area contributed by atoms with Gasteiger partial charge in [0.1, 0.15) is 5.69 Å². The van der Waals surface area contributed by atoms with Crippen LogP contribution >= 0.6 is 11.3 Å². The molecule has 3 aromatic heterocycles. The van der Waals surface area contributed by atoms with Gasteiger partial charge in [0.15, 0.2) is 17.5 Å². The zero-order chi connectivity index (χ0) is 36.3. The summed E-state index contributed by atoms with van der Waals surface area (Å²) in [6.45, 7) is 0. The summed E-state index contributed by atoms with van der Waals surface area (Å²) < 4.78 is 2.57. The Balaban J connectivity index is 0.981. The van der Waals surface area contributed by atoms with Crippen LogP contribution in [-0.2, 0) is 0 Å². The normalized spacial score (nSPS) is 14.6. The maximum absolute atomic E-state index is 5.06. The molecular formula is C50H30N4S. The van der Waals surface area contributed by atoms with Gasteiger partial charge in [-0.1, -0.05) is 140 Å². The number of aromatic nitrogens is 4. The number of allylic oxidation sites excluding steroid dienone is 3. The lowest BCUT2D eigenvalue weighted by Crippen LogP contribution is -2.12. The van der Waals surface area contributed by atoms with E-state index in [-0.39, 0.29) is 5.92 Å². The molecule has 0 saturated heterocycles. The van der Waals surface area contributed by atoms with Crippen molar-refractivity contribution in [1.29, 1.82) is 0 Å². The van der Waals surface area contributed by atoms with Crippen LogP contribution in [0.4, 0.5) is 0 Å². The van der Waals surface area contributed by atoms with E-state index in [4.69, 9.17) is 19.9 Å². The number of thiophene rings is 1. The fourth-order valence-corrected chi connectivity index (χ4v) is 9.27. The molecule has 9 aromatic rings. The van der Waals surface area contributed by atoms with Gasteiger partial charge >= 0.3 is 0 Å². The van der Waals surface area contributed by atoms with Crippen molar-refractivity contribution < 1.29 is 0 Å². The monoisotopic (exact) mass is 718 g/mol. The van der Waals surface area contributed by atoms with Crippen LogP contribution < -0.4 is 0 Å². The second-order valence-corrected chi connectivity index (χ2v) is 15.0. The molecule has 12 rings (SSSR count). The van der Waals surface area contributed by atoms with Crippen LogP contribution in [0.25, 0.3) is 82.3 Å². The van der Waals surface area contributed by atoms with Gasteiger partial charge in [-0.3, -0.25) is 4.98 Å². The second-order valence-electron chi connectivity index (χ2n) is 13.9. The van der Waals surface area contributed by atoms with Crippen LogP contribution in [0.5, 0.6) is 0 Å². The molecule has 1 unspecified atom stereocenters. The molecule has 3 aliphatic rings. The van der Waals surface area contributed by atoms with E-state index in [9.17, 15) is 0 Å². The predicted octanol–water partition coefficient (Wildman–Crippen LogP) is 12.6. The van der Waals surface area contributed by atoms with Crippen LogP contribution in [0.3, 0.4) is 0 Å². The summed E-state index contributed by atoms with van der Waals surface area (Å²) in [5, 5.41) is 2.56. The van der Waals surface area contributed by atoms with Gasteiger partial charge in [-0.15, -0.1) is 17.1 Å². The number of benzene rings is 6. The molecule has 0 amide bonds. The molecule has 3 aliphatic carbocycles. The Kier molecular flexibility index (Phi) is 7.34. The van der Waals surface area contributed by atoms with Gasteiger partial charge in [-0.05, 0) is 69.3 Å². The van der Waals surface area contributed by atoms with Crippen molar-refractivity contribution in [3.8, 4) is 56.5 Å². The van der Waals surface area contributed by atoms with Gasteiger partial charge in [-0.2, -0.15) is 0 Å². The third-order valence-corrected chi connectivity index (χ3v) is 11.9. The minimum absolute atomic E-state index is 0.178. The lowest BCUT2D eigenvalue weighted by atomic mass is 9.74. The number of nitrogens with zero attached hydrogens (tertiary/aromatic N) is 4. The molecule has 0 radical (unpaired) electrons. The van der Waals surface area contributed by atoms with Gasteiger partial charge < -0.3 is 0 Å². The van der Waals surface area contributed by atoms with Gasteiger partial charge in [-0.25, -0.2) is 15.0 Å². The van der Waals surface area contributed by atoms with E-state index >= 15 is 0 Å². The first-order chi connectivity index (χ1) is 27.2. The highest BCUT2D eigenvalue weighted by Crippen LogP contribution is 2.45. The van der Waals surface area contributed by atoms with E-state index in [2.05, 4.69) is 133 Å². The zero-order valence-electron chi connectivity index (χ0n) is 29.5. The maximum atomic E-state index is 5.06. The fourth-order valence-electron chi connectivity index (χ4n) is 8.03. The van der Waals surface area contributed by atoms with Crippen LogP contribution in [0, 0.1) is 0 Å². The van der Waals surface area contributed by atoms with Crippen molar-refractivity contribution in [2.45, 2.75) is 5.92 Å². The summed E-state index contributed by atoms with van der Waals surface area (Å²) in [7, 11) is 0. The molecule has 0 spiro atoms. The van der Waals surface area contributed by atoms with Crippen LogP contribution in [0.1, 0.15) is 28.2 Å². The first-order valence-corrected chi connectivity index (χ1v) is 19.2. The van der Waals surface area contributed by atoms with E-state index in [1.54, 1.807) is 0 Å². The lowest BCUT2D eigenvalue weighted by Gasteiger charge is -2.29. The average molecular weight is 719 g/mol. The van der Waals surface area contributed by atoms with Gasteiger partial charge in [0.05, 0.1) is 0 Å². The number of hydrogen-bond acceptors (Lipinski definition) is 5. The second kappa shape index (κ2) is 12.8.